The zero-order valence-corrected chi connectivity index (χ0v) is 15.3. The van der Waals surface area contributed by atoms with E-state index in [1.54, 1.807) is 34.3 Å². The van der Waals surface area contributed by atoms with Crippen LogP contribution in [-0.4, -0.2) is 59.3 Å². The summed E-state index contributed by atoms with van der Waals surface area (Å²) < 4.78 is 13.1. The molecule has 2 aromatic rings. The highest BCUT2D eigenvalue weighted by atomic mass is 19.1. The van der Waals surface area contributed by atoms with Crippen molar-refractivity contribution in [1.29, 1.82) is 0 Å². The molecule has 2 amide bonds. The van der Waals surface area contributed by atoms with Gasteiger partial charge in [0.2, 0.25) is 11.8 Å². The van der Waals surface area contributed by atoms with Gasteiger partial charge in [0.15, 0.2) is 0 Å². The van der Waals surface area contributed by atoms with Gasteiger partial charge in [0, 0.05) is 57.7 Å². The monoisotopic (exact) mass is 370 g/mol. The van der Waals surface area contributed by atoms with Crippen LogP contribution in [0, 0.1) is 5.82 Å². The van der Waals surface area contributed by atoms with Gasteiger partial charge in [-0.15, -0.1) is 0 Å². The van der Waals surface area contributed by atoms with Crippen LogP contribution in [0.25, 0.3) is 0 Å². The molecular weight excluding hydrogens is 347 g/mol. The zero-order valence-electron chi connectivity index (χ0n) is 15.3. The minimum absolute atomic E-state index is 0.0574. The van der Waals surface area contributed by atoms with Gasteiger partial charge in [-0.05, 0) is 42.0 Å². The van der Waals surface area contributed by atoms with E-state index in [4.69, 9.17) is 0 Å². The van der Waals surface area contributed by atoms with Crippen LogP contribution >= 0.6 is 0 Å². The molecule has 1 saturated heterocycles. The fraction of sp³-hybridized carbons (Fsp3) is 0.350. The molecule has 7 heteroatoms. The molecule has 0 atom stereocenters. The second-order valence-corrected chi connectivity index (χ2v) is 6.57. The summed E-state index contributed by atoms with van der Waals surface area (Å²) >= 11 is 0. The van der Waals surface area contributed by atoms with Crippen LogP contribution in [0.4, 0.5) is 10.1 Å². The van der Waals surface area contributed by atoms with Gasteiger partial charge in [-0.1, -0.05) is 0 Å². The number of pyridine rings is 1. The first-order valence-corrected chi connectivity index (χ1v) is 8.95. The van der Waals surface area contributed by atoms with E-state index in [2.05, 4.69) is 9.88 Å². The number of hydrogen-bond donors (Lipinski definition) is 0. The summed E-state index contributed by atoms with van der Waals surface area (Å²) in [5.74, 6) is -0.450. The fourth-order valence-electron chi connectivity index (χ4n) is 3.12. The Morgan fingerprint density at radius 3 is 2.26 bits per heavy atom. The van der Waals surface area contributed by atoms with Crippen LogP contribution < -0.4 is 4.90 Å². The molecule has 6 nitrogen and oxygen atoms in total. The van der Waals surface area contributed by atoms with E-state index >= 15 is 0 Å². The molecule has 0 saturated carbocycles. The SMILES string of the molecule is CC(=O)N(CC(=O)N1CCN(c2ccc(F)cc2)CC1)Cc1ccncc1. The second-order valence-electron chi connectivity index (χ2n) is 6.57. The molecule has 0 aliphatic carbocycles. The number of aromatic nitrogens is 1. The van der Waals surface area contributed by atoms with Crippen molar-refractivity contribution >= 4 is 17.5 Å². The van der Waals surface area contributed by atoms with Crippen LogP contribution in [0.5, 0.6) is 0 Å². The summed E-state index contributed by atoms with van der Waals surface area (Å²) in [4.78, 5) is 34.0. The topological polar surface area (TPSA) is 56.8 Å². The summed E-state index contributed by atoms with van der Waals surface area (Å²) in [5, 5.41) is 0. The van der Waals surface area contributed by atoms with Gasteiger partial charge in [-0.3, -0.25) is 14.6 Å². The van der Waals surface area contributed by atoms with Gasteiger partial charge in [0.05, 0.1) is 0 Å². The summed E-state index contributed by atoms with van der Waals surface area (Å²) in [5.41, 5.74) is 1.89. The Morgan fingerprint density at radius 2 is 1.67 bits per heavy atom. The predicted octanol–water partition coefficient (Wildman–Crippen LogP) is 1.92. The lowest BCUT2D eigenvalue weighted by atomic mass is 10.2. The third-order valence-electron chi connectivity index (χ3n) is 4.72. The maximum atomic E-state index is 13.1. The number of amides is 2. The van der Waals surface area contributed by atoms with E-state index in [0.29, 0.717) is 32.7 Å². The van der Waals surface area contributed by atoms with Crippen LogP contribution in [0.2, 0.25) is 0 Å². The standard InChI is InChI=1S/C20H23FN4O2/c1-16(26)25(14-17-6-8-22-9-7-17)15-20(27)24-12-10-23(11-13-24)19-4-2-18(21)3-5-19/h2-9H,10-15H2,1H3. The van der Waals surface area contributed by atoms with Crippen molar-refractivity contribution in [3.8, 4) is 0 Å². The van der Waals surface area contributed by atoms with Gasteiger partial charge >= 0.3 is 0 Å². The molecule has 3 rings (SSSR count). The van der Waals surface area contributed by atoms with Crippen molar-refractivity contribution < 1.29 is 14.0 Å². The molecule has 2 heterocycles. The van der Waals surface area contributed by atoms with Crippen LogP contribution in [-0.2, 0) is 16.1 Å². The van der Waals surface area contributed by atoms with E-state index in [0.717, 1.165) is 11.3 Å². The number of carbonyl (C=O) groups is 2. The molecule has 1 aliphatic rings. The first-order chi connectivity index (χ1) is 13.0. The third kappa shape index (κ3) is 5.03. The van der Waals surface area contributed by atoms with Crippen LogP contribution in [0.15, 0.2) is 48.8 Å². The molecule has 0 radical (unpaired) electrons. The van der Waals surface area contributed by atoms with E-state index < -0.39 is 0 Å². The molecule has 1 fully saturated rings. The summed E-state index contributed by atoms with van der Waals surface area (Å²) in [6.07, 6.45) is 3.34. The molecule has 0 unspecified atom stereocenters. The van der Waals surface area contributed by atoms with Gasteiger partial charge in [0.25, 0.3) is 0 Å². The molecule has 0 bridgehead atoms. The first-order valence-electron chi connectivity index (χ1n) is 8.95. The minimum atomic E-state index is -0.258. The first kappa shape index (κ1) is 18.8. The molecule has 1 aliphatic heterocycles. The van der Waals surface area contributed by atoms with E-state index in [1.165, 1.54) is 19.1 Å². The Labute approximate surface area is 158 Å². The van der Waals surface area contributed by atoms with Gasteiger partial charge in [0.1, 0.15) is 12.4 Å². The average Bonchev–Trinajstić information content (AvgIpc) is 2.69. The van der Waals surface area contributed by atoms with Crippen LogP contribution in [0.3, 0.4) is 0 Å². The quantitative estimate of drug-likeness (QED) is 0.807. The number of anilines is 1. The predicted molar refractivity (Wildman–Crippen MR) is 101 cm³/mol. The number of hydrogen-bond acceptors (Lipinski definition) is 4. The molecule has 27 heavy (non-hydrogen) atoms. The Balaban J connectivity index is 1.54. The highest BCUT2D eigenvalue weighted by Gasteiger charge is 2.24. The van der Waals surface area contributed by atoms with Gasteiger partial charge < -0.3 is 14.7 Å². The normalized spacial score (nSPS) is 14.1. The highest BCUT2D eigenvalue weighted by molar-refractivity contribution is 5.84. The van der Waals surface area contributed by atoms with E-state index in [9.17, 15) is 14.0 Å². The van der Waals surface area contributed by atoms with Crippen molar-refractivity contribution in [2.45, 2.75) is 13.5 Å². The number of rotatable bonds is 5. The number of carbonyl (C=O) groups excluding carboxylic acids is 2. The average molecular weight is 370 g/mol. The second kappa shape index (κ2) is 8.62. The lowest BCUT2D eigenvalue weighted by Gasteiger charge is -2.37. The van der Waals surface area contributed by atoms with Crippen molar-refractivity contribution in [2.75, 3.05) is 37.6 Å². The highest BCUT2D eigenvalue weighted by Crippen LogP contribution is 2.17. The number of benzene rings is 1. The fourth-order valence-corrected chi connectivity index (χ4v) is 3.12. The smallest absolute Gasteiger partial charge is 0.242 e. The molecule has 142 valence electrons. The number of halogens is 1. The minimum Gasteiger partial charge on any atom is -0.368 e. The molecule has 0 N–H and O–H groups in total. The molecule has 1 aromatic heterocycles. The maximum Gasteiger partial charge on any atom is 0.242 e. The number of nitrogens with zero attached hydrogens (tertiary/aromatic N) is 4. The summed E-state index contributed by atoms with van der Waals surface area (Å²) in [6.45, 7) is 4.45. The lowest BCUT2D eigenvalue weighted by Crippen LogP contribution is -2.51. The summed E-state index contributed by atoms with van der Waals surface area (Å²) in [6, 6.07) is 10.1. The Hall–Kier alpha value is -2.96. The molecular formula is C20H23FN4O2. The van der Waals surface area contributed by atoms with E-state index in [-0.39, 0.29) is 24.2 Å². The van der Waals surface area contributed by atoms with Crippen molar-refractivity contribution in [3.63, 3.8) is 0 Å². The largest absolute Gasteiger partial charge is 0.368 e. The third-order valence-corrected chi connectivity index (χ3v) is 4.72. The van der Waals surface area contributed by atoms with Crippen LogP contribution in [0.1, 0.15) is 12.5 Å². The Bertz CT molecular complexity index is 774. The van der Waals surface area contributed by atoms with Crippen molar-refractivity contribution in [2.24, 2.45) is 0 Å². The molecule has 1 aromatic carbocycles. The van der Waals surface area contributed by atoms with E-state index in [1.807, 2.05) is 12.1 Å². The number of piperazine rings is 1. The summed E-state index contributed by atoms with van der Waals surface area (Å²) in [7, 11) is 0. The maximum absolute atomic E-state index is 13.1. The lowest BCUT2D eigenvalue weighted by molar-refractivity contribution is -0.140. The van der Waals surface area contributed by atoms with Crippen molar-refractivity contribution in [1.82, 2.24) is 14.8 Å². The Morgan fingerprint density at radius 1 is 1.04 bits per heavy atom. The zero-order chi connectivity index (χ0) is 19.2. The van der Waals surface area contributed by atoms with Gasteiger partial charge in [-0.2, -0.15) is 0 Å². The van der Waals surface area contributed by atoms with Gasteiger partial charge in [-0.25, -0.2) is 4.39 Å². The Kier molecular flexibility index (Phi) is 6.01. The molecule has 0 spiro atoms. The van der Waals surface area contributed by atoms with Crippen molar-refractivity contribution in [3.05, 3.63) is 60.2 Å².